The molecule has 3 N–H and O–H groups in total. The van der Waals surface area contributed by atoms with E-state index in [1.54, 1.807) is 25.1 Å². The molecule has 0 fully saturated rings. The van der Waals surface area contributed by atoms with Crippen LogP contribution in [0, 0.1) is 0 Å². The standard InChI is InChI=1S/C13H18F2N2O3/c1-2-20-10-5-3-4-9(16)12(10)13(18)17-6-7-19-8-11(14)15/h3-5,11H,2,6-8,16H2,1H3,(H,17,18). The fourth-order valence-electron chi connectivity index (χ4n) is 1.56. The number of rotatable bonds is 8. The molecule has 112 valence electrons. The lowest BCUT2D eigenvalue weighted by Gasteiger charge is -2.12. The fraction of sp³-hybridized carbons (Fsp3) is 0.462. The SMILES string of the molecule is CCOc1cccc(N)c1C(=O)NCCOCC(F)F. The largest absolute Gasteiger partial charge is 0.493 e. The fourth-order valence-corrected chi connectivity index (χ4v) is 1.56. The van der Waals surface area contributed by atoms with Crippen molar-refractivity contribution in [1.82, 2.24) is 5.32 Å². The molecule has 1 amide bonds. The van der Waals surface area contributed by atoms with Gasteiger partial charge in [-0.15, -0.1) is 0 Å². The maximum Gasteiger partial charge on any atom is 0.261 e. The van der Waals surface area contributed by atoms with E-state index >= 15 is 0 Å². The molecular weight excluding hydrogens is 270 g/mol. The van der Waals surface area contributed by atoms with Crippen molar-refractivity contribution >= 4 is 11.6 Å². The molecule has 1 rings (SSSR count). The monoisotopic (exact) mass is 288 g/mol. The molecule has 0 aromatic heterocycles. The minimum Gasteiger partial charge on any atom is -0.493 e. The molecule has 1 aromatic carbocycles. The Morgan fingerprint density at radius 3 is 2.85 bits per heavy atom. The molecule has 0 atom stereocenters. The van der Waals surface area contributed by atoms with Gasteiger partial charge in [0, 0.05) is 12.2 Å². The zero-order valence-electron chi connectivity index (χ0n) is 11.2. The molecule has 0 heterocycles. The number of nitrogens with two attached hydrogens (primary N) is 1. The molecule has 0 aliphatic rings. The first-order valence-corrected chi connectivity index (χ1v) is 6.21. The highest BCUT2D eigenvalue weighted by Gasteiger charge is 2.15. The quantitative estimate of drug-likeness (QED) is 0.564. The first-order chi connectivity index (χ1) is 9.56. The van der Waals surface area contributed by atoms with Crippen molar-refractivity contribution in [2.24, 2.45) is 0 Å². The third-order valence-corrected chi connectivity index (χ3v) is 2.36. The van der Waals surface area contributed by atoms with E-state index in [4.69, 9.17) is 10.5 Å². The summed E-state index contributed by atoms with van der Waals surface area (Å²) >= 11 is 0. The van der Waals surface area contributed by atoms with E-state index in [0.29, 0.717) is 18.0 Å². The maximum atomic E-state index is 12.0. The molecule has 0 bridgehead atoms. The normalized spacial score (nSPS) is 10.6. The minimum atomic E-state index is -2.51. The molecular formula is C13H18F2N2O3. The summed E-state index contributed by atoms with van der Waals surface area (Å²) < 4.78 is 33.7. The number of nitrogen functional groups attached to an aromatic ring is 1. The summed E-state index contributed by atoms with van der Waals surface area (Å²) in [5.41, 5.74) is 6.28. The van der Waals surface area contributed by atoms with E-state index < -0.39 is 18.9 Å². The number of benzene rings is 1. The molecule has 0 radical (unpaired) electrons. The Morgan fingerprint density at radius 2 is 2.20 bits per heavy atom. The van der Waals surface area contributed by atoms with Crippen LogP contribution < -0.4 is 15.8 Å². The van der Waals surface area contributed by atoms with E-state index in [2.05, 4.69) is 10.1 Å². The van der Waals surface area contributed by atoms with Gasteiger partial charge in [0.25, 0.3) is 12.3 Å². The molecule has 0 spiro atoms. The highest BCUT2D eigenvalue weighted by atomic mass is 19.3. The van der Waals surface area contributed by atoms with Crippen molar-refractivity contribution in [3.63, 3.8) is 0 Å². The number of hydrogen-bond acceptors (Lipinski definition) is 4. The van der Waals surface area contributed by atoms with Gasteiger partial charge in [0.15, 0.2) is 0 Å². The summed E-state index contributed by atoms with van der Waals surface area (Å²) in [4.78, 5) is 12.0. The Kier molecular flexibility index (Phi) is 6.72. The minimum absolute atomic E-state index is 0.00673. The Bertz CT molecular complexity index is 442. The molecule has 0 saturated carbocycles. The predicted molar refractivity (Wildman–Crippen MR) is 71.2 cm³/mol. The summed E-state index contributed by atoms with van der Waals surface area (Å²) in [6, 6.07) is 4.91. The van der Waals surface area contributed by atoms with Gasteiger partial charge in [-0.05, 0) is 19.1 Å². The van der Waals surface area contributed by atoms with Crippen LogP contribution in [-0.4, -0.2) is 38.7 Å². The number of halogens is 2. The average molecular weight is 288 g/mol. The lowest BCUT2D eigenvalue weighted by molar-refractivity contribution is 0.0188. The smallest absolute Gasteiger partial charge is 0.261 e. The Balaban J connectivity index is 2.54. The second-order valence-electron chi connectivity index (χ2n) is 3.88. The van der Waals surface area contributed by atoms with Crippen LogP contribution in [0.5, 0.6) is 5.75 Å². The van der Waals surface area contributed by atoms with Crippen LogP contribution >= 0.6 is 0 Å². The van der Waals surface area contributed by atoms with Crippen LogP contribution in [0.4, 0.5) is 14.5 Å². The number of alkyl halides is 2. The zero-order valence-corrected chi connectivity index (χ0v) is 11.2. The lowest BCUT2D eigenvalue weighted by Crippen LogP contribution is -2.29. The van der Waals surface area contributed by atoms with E-state index in [-0.39, 0.29) is 18.7 Å². The van der Waals surface area contributed by atoms with E-state index in [0.717, 1.165) is 0 Å². The molecule has 1 aromatic rings. The highest BCUT2D eigenvalue weighted by molar-refractivity contribution is 6.01. The van der Waals surface area contributed by atoms with E-state index in [9.17, 15) is 13.6 Å². The summed E-state index contributed by atoms with van der Waals surface area (Å²) in [5, 5.41) is 2.54. The topological polar surface area (TPSA) is 73.6 Å². The zero-order chi connectivity index (χ0) is 15.0. The Morgan fingerprint density at radius 1 is 1.45 bits per heavy atom. The van der Waals surface area contributed by atoms with Gasteiger partial charge in [-0.3, -0.25) is 4.79 Å². The highest BCUT2D eigenvalue weighted by Crippen LogP contribution is 2.24. The average Bonchev–Trinajstić information content (AvgIpc) is 2.38. The predicted octanol–water partition coefficient (Wildman–Crippen LogP) is 1.68. The van der Waals surface area contributed by atoms with Gasteiger partial charge in [0.2, 0.25) is 0 Å². The molecule has 0 aliphatic carbocycles. The van der Waals surface area contributed by atoms with Crippen molar-refractivity contribution in [2.45, 2.75) is 13.3 Å². The van der Waals surface area contributed by atoms with Crippen LogP contribution in [0.3, 0.4) is 0 Å². The third-order valence-electron chi connectivity index (χ3n) is 2.36. The number of ether oxygens (including phenoxy) is 2. The number of hydrogen-bond donors (Lipinski definition) is 2. The molecule has 20 heavy (non-hydrogen) atoms. The number of anilines is 1. The molecule has 0 unspecified atom stereocenters. The first kappa shape index (κ1) is 16.2. The van der Waals surface area contributed by atoms with Crippen LogP contribution in [0.15, 0.2) is 18.2 Å². The summed E-state index contributed by atoms with van der Waals surface area (Å²) in [5.74, 6) is -0.0364. The van der Waals surface area contributed by atoms with Gasteiger partial charge in [-0.2, -0.15) is 0 Å². The van der Waals surface area contributed by atoms with Crippen LogP contribution in [-0.2, 0) is 4.74 Å². The maximum absolute atomic E-state index is 12.0. The lowest BCUT2D eigenvalue weighted by atomic mass is 10.1. The molecule has 0 saturated heterocycles. The van der Waals surface area contributed by atoms with Gasteiger partial charge in [-0.25, -0.2) is 8.78 Å². The van der Waals surface area contributed by atoms with Crippen molar-refractivity contribution in [3.8, 4) is 5.75 Å². The second kappa shape index (κ2) is 8.31. The summed E-state index contributed by atoms with van der Waals surface area (Å²) in [6.45, 7) is 1.68. The summed E-state index contributed by atoms with van der Waals surface area (Å²) in [6.07, 6.45) is -2.51. The van der Waals surface area contributed by atoms with E-state index in [1.807, 2.05) is 0 Å². The van der Waals surface area contributed by atoms with Crippen LogP contribution in [0.2, 0.25) is 0 Å². The first-order valence-electron chi connectivity index (χ1n) is 6.21. The molecule has 5 nitrogen and oxygen atoms in total. The van der Waals surface area contributed by atoms with Crippen molar-refractivity contribution in [1.29, 1.82) is 0 Å². The Labute approximate surface area is 116 Å². The van der Waals surface area contributed by atoms with Gasteiger partial charge in [0.1, 0.15) is 17.9 Å². The van der Waals surface area contributed by atoms with E-state index in [1.165, 1.54) is 0 Å². The number of carbonyl (C=O) groups is 1. The van der Waals surface area contributed by atoms with Gasteiger partial charge < -0.3 is 20.5 Å². The number of amides is 1. The van der Waals surface area contributed by atoms with Gasteiger partial charge in [-0.1, -0.05) is 6.07 Å². The van der Waals surface area contributed by atoms with Crippen LogP contribution in [0.1, 0.15) is 17.3 Å². The third kappa shape index (κ3) is 5.00. The second-order valence-corrected chi connectivity index (χ2v) is 3.88. The number of nitrogens with one attached hydrogen (secondary N) is 1. The summed E-state index contributed by atoms with van der Waals surface area (Å²) in [7, 11) is 0. The van der Waals surface area contributed by atoms with Gasteiger partial charge >= 0.3 is 0 Å². The van der Waals surface area contributed by atoms with Gasteiger partial charge in [0.05, 0.1) is 13.2 Å². The van der Waals surface area contributed by atoms with Crippen molar-refractivity contribution in [3.05, 3.63) is 23.8 Å². The molecule has 0 aliphatic heterocycles. The van der Waals surface area contributed by atoms with Crippen molar-refractivity contribution < 1.29 is 23.0 Å². The number of carbonyl (C=O) groups excluding carboxylic acids is 1. The molecule has 7 heteroatoms. The Hall–Kier alpha value is -1.89. The van der Waals surface area contributed by atoms with Crippen LogP contribution in [0.25, 0.3) is 0 Å². The van der Waals surface area contributed by atoms with Crippen molar-refractivity contribution in [2.75, 3.05) is 32.1 Å².